The summed E-state index contributed by atoms with van der Waals surface area (Å²) in [5.74, 6) is -0.0652. The zero-order valence-corrected chi connectivity index (χ0v) is 14.3. The number of benzene rings is 1. The van der Waals surface area contributed by atoms with Crippen LogP contribution in [0.4, 0.5) is 5.69 Å². The van der Waals surface area contributed by atoms with Crippen molar-refractivity contribution in [3.63, 3.8) is 0 Å². The van der Waals surface area contributed by atoms with Gasteiger partial charge in [0.15, 0.2) is 0 Å². The molecule has 0 radical (unpaired) electrons. The highest BCUT2D eigenvalue weighted by Crippen LogP contribution is 2.13. The van der Waals surface area contributed by atoms with Gasteiger partial charge in [-0.1, -0.05) is 19.1 Å². The van der Waals surface area contributed by atoms with Crippen molar-refractivity contribution in [1.82, 2.24) is 10.3 Å². The molecule has 1 aromatic carbocycles. The summed E-state index contributed by atoms with van der Waals surface area (Å²) in [6, 6.07) is 7.64. The number of anilines is 1. The summed E-state index contributed by atoms with van der Waals surface area (Å²) < 4.78 is 0. The smallest absolute Gasteiger partial charge is 0.224 e. The van der Waals surface area contributed by atoms with E-state index in [0.29, 0.717) is 13.0 Å². The van der Waals surface area contributed by atoms with Crippen LogP contribution in [-0.2, 0) is 17.8 Å². The number of aromatic nitrogens is 1. The lowest BCUT2D eigenvalue weighted by Crippen LogP contribution is -2.37. The van der Waals surface area contributed by atoms with E-state index in [1.54, 1.807) is 11.3 Å². The maximum Gasteiger partial charge on any atom is 0.224 e. The van der Waals surface area contributed by atoms with Gasteiger partial charge < -0.3 is 15.7 Å². The first-order valence-corrected chi connectivity index (χ1v) is 8.62. The largest absolute Gasteiger partial charge is 0.394 e. The van der Waals surface area contributed by atoms with Gasteiger partial charge in [0.05, 0.1) is 36.3 Å². The van der Waals surface area contributed by atoms with Gasteiger partial charge in [-0.15, -0.1) is 11.3 Å². The average molecular weight is 333 g/mol. The Balaban J connectivity index is 1.83. The van der Waals surface area contributed by atoms with Crippen LogP contribution in [0, 0.1) is 6.92 Å². The molecule has 5 nitrogen and oxygen atoms in total. The molecule has 6 heteroatoms. The monoisotopic (exact) mass is 333 g/mol. The van der Waals surface area contributed by atoms with Gasteiger partial charge in [-0.3, -0.25) is 4.79 Å². The summed E-state index contributed by atoms with van der Waals surface area (Å²) in [7, 11) is 0. The Bertz CT molecular complexity index is 621. The lowest BCUT2D eigenvalue weighted by Gasteiger charge is -2.14. The highest BCUT2D eigenvalue weighted by molar-refractivity contribution is 7.09. The molecular weight excluding hydrogens is 310 g/mol. The zero-order valence-electron chi connectivity index (χ0n) is 13.5. The van der Waals surface area contributed by atoms with E-state index in [0.717, 1.165) is 28.4 Å². The molecular formula is C17H23N3O2S. The third-order valence-corrected chi connectivity index (χ3v) is 4.36. The van der Waals surface area contributed by atoms with E-state index in [1.807, 2.05) is 43.5 Å². The van der Waals surface area contributed by atoms with Crippen LogP contribution in [0.25, 0.3) is 0 Å². The highest BCUT2D eigenvalue weighted by Gasteiger charge is 2.09. The molecule has 1 aromatic heterocycles. The number of nitrogens with one attached hydrogen (secondary N) is 2. The molecule has 2 aromatic rings. The number of aryl methyl sites for hydroxylation is 1. The van der Waals surface area contributed by atoms with Crippen molar-refractivity contribution in [2.45, 2.75) is 39.3 Å². The third kappa shape index (κ3) is 5.65. The molecule has 0 bridgehead atoms. The molecule has 0 aliphatic rings. The number of thiazole rings is 1. The molecule has 3 N–H and O–H groups in total. The van der Waals surface area contributed by atoms with Crippen molar-refractivity contribution in [1.29, 1.82) is 0 Å². The Morgan fingerprint density at radius 1 is 1.35 bits per heavy atom. The van der Waals surface area contributed by atoms with Gasteiger partial charge in [-0.2, -0.15) is 0 Å². The molecule has 124 valence electrons. The predicted octanol–water partition coefficient (Wildman–Crippen LogP) is 2.49. The fourth-order valence-electron chi connectivity index (χ4n) is 2.16. The number of aliphatic hydroxyl groups is 1. The lowest BCUT2D eigenvalue weighted by atomic mass is 10.1. The van der Waals surface area contributed by atoms with Crippen molar-refractivity contribution in [2.24, 2.45) is 0 Å². The van der Waals surface area contributed by atoms with Crippen molar-refractivity contribution >= 4 is 22.9 Å². The minimum absolute atomic E-state index is 0.0266. The van der Waals surface area contributed by atoms with E-state index in [-0.39, 0.29) is 18.6 Å². The molecule has 23 heavy (non-hydrogen) atoms. The van der Waals surface area contributed by atoms with E-state index in [9.17, 15) is 4.79 Å². The fraction of sp³-hybridized carbons (Fsp3) is 0.412. The Morgan fingerprint density at radius 3 is 2.65 bits per heavy atom. The number of nitrogens with zero attached hydrogens (tertiary/aromatic N) is 1. The molecule has 0 saturated heterocycles. The van der Waals surface area contributed by atoms with E-state index in [1.165, 1.54) is 0 Å². The normalized spacial score (nSPS) is 12.0. The van der Waals surface area contributed by atoms with Crippen molar-refractivity contribution < 1.29 is 9.90 Å². The number of hydrogen-bond donors (Lipinski definition) is 3. The van der Waals surface area contributed by atoms with Gasteiger partial charge in [-0.05, 0) is 31.0 Å². The Morgan fingerprint density at radius 2 is 2.09 bits per heavy atom. The predicted molar refractivity (Wildman–Crippen MR) is 93.6 cm³/mol. The summed E-state index contributed by atoms with van der Waals surface area (Å²) in [6.45, 7) is 4.60. The minimum atomic E-state index is -0.162. The van der Waals surface area contributed by atoms with E-state index < -0.39 is 0 Å². The van der Waals surface area contributed by atoms with Crippen LogP contribution in [0.3, 0.4) is 0 Å². The van der Waals surface area contributed by atoms with Crippen molar-refractivity contribution in [3.05, 3.63) is 45.9 Å². The summed E-state index contributed by atoms with van der Waals surface area (Å²) in [4.78, 5) is 16.3. The summed E-state index contributed by atoms with van der Waals surface area (Å²) in [5, 5.41) is 18.4. The van der Waals surface area contributed by atoms with E-state index >= 15 is 0 Å². The summed E-state index contributed by atoms with van der Waals surface area (Å²) >= 11 is 1.64. The first-order chi connectivity index (χ1) is 11.1. The van der Waals surface area contributed by atoms with Crippen LogP contribution in [0.2, 0.25) is 0 Å². The fourth-order valence-corrected chi connectivity index (χ4v) is 2.78. The molecule has 0 spiro atoms. The summed E-state index contributed by atoms with van der Waals surface area (Å²) in [6.07, 6.45) is 1.04. The van der Waals surface area contributed by atoms with Crippen molar-refractivity contribution in [2.75, 3.05) is 11.9 Å². The van der Waals surface area contributed by atoms with Crippen LogP contribution >= 0.6 is 11.3 Å². The average Bonchev–Trinajstić information content (AvgIpc) is 2.97. The van der Waals surface area contributed by atoms with Crippen LogP contribution in [-0.4, -0.2) is 28.6 Å². The maximum atomic E-state index is 11.9. The molecule has 0 saturated carbocycles. The second-order valence-corrected chi connectivity index (χ2v) is 6.50. The van der Waals surface area contributed by atoms with Crippen LogP contribution < -0.4 is 10.6 Å². The van der Waals surface area contributed by atoms with Gasteiger partial charge in [0, 0.05) is 11.1 Å². The first-order valence-electron chi connectivity index (χ1n) is 7.74. The van der Waals surface area contributed by atoms with E-state index in [4.69, 9.17) is 5.11 Å². The van der Waals surface area contributed by atoms with Gasteiger partial charge in [0.2, 0.25) is 5.91 Å². The van der Waals surface area contributed by atoms with Crippen molar-refractivity contribution in [3.8, 4) is 0 Å². The number of amides is 1. The van der Waals surface area contributed by atoms with Crippen LogP contribution in [0.1, 0.15) is 29.6 Å². The van der Waals surface area contributed by atoms with Gasteiger partial charge in [0.1, 0.15) is 0 Å². The second-order valence-electron chi connectivity index (χ2n) is 5.44. The number of carbonyl (C=O) groups excluding carboxylic acids is 1. The molecule has 1 amide bonds. The van der Waals surface area contributed by atoms with Crippen LogP contribution in [0.5, 0.6) is 0 Å². The zero-order chi connectivity index (χ0) is 16.7. The molecule has 2 rings (SSSR count). The third-order valence-electron chi connectivity index (χ3n) is 3.54. The minimum Gasteiger partial charge on any atom is -0.394 e. The Kier molecular flexibility index (Phi) is 6.55. The maximum absolute atomic E-state index is 11.9. The summed E-state index contributed by atoms with van der Waals surface area (Å²) in [5.41, 5.74) is 2.98. The molecule has 1 atom stereocenters. The van der Waals surface area contributed by atoms with E-state index in [2.05, 4.69) is 15.6 Å². The van der Waals surface area contributed by atoms with Gasteiger partial charge >= 0.3 is 0 Å². The molecule has 0 aliphatic carbocycles. The number of hydrogen-bond acceptors (Lipinski definition) is 5. The topological polar surface area (TPSA) is 74.2 Å². The number of carbonyl (C=O) groups is 1. The standard InChI is InChI=1S/C17H23N3O2S/c1-3-14(10-21)20-17(22)8-13-4-6-15(7-5-13)18-9-16-11-23-12(2)19-16/h4-7,11,14,18,21H,3,8-10H2,1-2H3,(H,20,22)/t14-/m0/s1. The lowest BCUT2D eigenvalue weighted by molar-refractivity contribution is -0.121. The molecule has 1 heterocycles. The molecule has 0 unspecified atom stereocenters. The second kappa shape index (κ2) is 8.64. The SMILES string of the molecule is CC[C@@H](CO)NC(=O)Cc1ccc(NCc2csc(C)n2)cc1. The molecule has 0 fully saturated rings. The Hall–Kier alpha value is -1.92. The first kappa shape index (κ1) is 17.4. The Labute approximate surface area is 140 Å². The number of aliphatic hydroxyl groups excluding tert-OH is 1. The van der Waals surface area contributed by atoms with Gasteiger partial charge in [-0.25, -0.2) is 4.98 Å². The van der Waals surface area contributed by atoms with Gasteiger partial charge in [0.25, 0.3) is 0 Å². The molecule has 0 aliphatic heterocycles. The quantitative estimate of drug-likeness (QED) is 0.694. The highest BCUT2D eigenvalue weighted by atomic mass is 32.1. The van der Waals surface area contributed by atoms with Crippen LogP contribution in [0.15, 0.2) is 29.6 Å². The number of rotatable bonds is 8.